The van der Waals surface area contributed by atoms with E-state index in [9.17, 15) is 4.21 Å². The van der Waals surface area contributed by atoms with Crippen molar-refractivity contribution < 1.29 is 4.21 Å². The van der Waals surface area contributed by atoms with Crippen molar-refractivity contribution in [2.45, 2.75) is 24.3 Å². The topological polar surface area (TPSA) is 17.1 Å². The van der Waals surface area contributed by atoms with Crippen molar-refractivity contribution in [1.82, 2.24) is 0 Å². The summed E-state index contributed by atoms with van der Waals surface area (Å²) in [5.41, 5.74) is 0. The summed E-state index contributed by atoms with van der Waals surface area (Å²) in [5, 5.41) is 0.981. The molecule has 0 bridgehead atoms. The molecule has 0 aromatic heterocycles. The van der Waals surface area contributed by atoms with Gasteiger partial charge in [-0.25, -0.2) is 0 Å². The first kappa shape index (κ1) is 4.31. The van der Waals surface area contributed by atoms with E-state index in [0.29, 0.717) is 10.5 Å². The summed E-state index contributed by atoms with van der Waals surface area (Å²) >= 11 is 0. The maximum absolute atomic E-state index is 10.3. The van der Waals surface area contributed by atoms with Crippen LogP contribution in [0.3, 0.4) is 0 Å². The van der Waals surface area contributed by atoms with Gasteiger partial charge in [-0.1, -0.05) is 0 Å². The SMILES string of the molecule is CC1C(C)S1=O. The molecule has 2 heteroatoms. The largest absolute Gasteiger partial charge is 0.259 e. The summed E-state index contributed by atoms with van der Waals surface area (Å²) in [5.74, 6) is 0. The van der Waals surface area contributed by atoms with Crippen molar-refractivity contribution in [3.63, 3.8) is 0 Å². The molecular weight excluding hydrogens is 96.1 g/mol. The van der Waals surface area contributed by atoms with Gasteiger partial charge in [0.25, 0.3) is 0 Å². The lowest BCUT2D eigenvalue weighted by molar-refractivity contribution is 0.692. The van der Waals surface area contributed by atoms with E-state index < -0.39 is 10.8 Å². The molecule has 1 rings (SSSR count). The molecule has 0 saturated carbocycles. The van der Waals surface area contributed by atoms with E-state index in [0.717, 1.165) is 0 Å². The highest BCUT2D eigenvalue weighted by Gasteiger charge is 2.38. The lowest BCUT2D eigenvalue weighted by Gasteiger charge is -1.60. The summed E-state index contributed by atoms with van der Waals surface area (Å²) in [6.45, 7) is 4.03. The van der Waals surface area contributed by atoms with Gasteiger partial charge in [-0.2, -0.15) is 0 Å². The molecule has 36 valence electrons. The summed E-state index contributed by atoms with van der Waals surface area (Å²) < 4.78 is 10.3. The zero-order valence-electron chi connectivity index (χ0n) is 3.97. The predicted molar refractivity (Wildman–Crippen MR) is 27.1 cm³/mol. The second-order valence-electron chi connectivity index (χ2n) is 1.74. The van der Waals surface area contributed by atoms with Gasteiger partial charge in [-0.3, -0.25) is 4.21 Å². The van der Waals surface area contributed by atoms with E-state index in [-0.39, 0.29) is 0 Å². The quantitative estimate of drug-likeness (QED) is 0.410. The molecule has 1 nitrogen and oxygen atoms in total. The highest BCUT2D eigenvalue weighted by Crippen LogP contribution is 2.25. The third-order valence-corrected chi connectivity index (χ3v) is 3.29. The van der Waals surface area contributed by atoms with Gasteiger partial charge in [0.15, 0.2) is 0 Å². The normalized spacial score (nSPS) is 55.3. The van der Waals surface area contributed by atoms with Gasteiger partial charge in [0.05, 0.1) is 0 Å². The maximum Gasteiger partial charge on any atom is 0.0463 e. The lowest BCUT2D eigenvalue weighted by Crippen LogP contribution is -1.74. The molecule has 0 N–H and O–H groups in total. The summed E-state index contributed by atoms with van der Waals surface area (Å²) in [4.78, 5) is 0. The minimum absolute atomic E-state index is 0.451. The molecule has 1 heterocycles. The first-order valence-electron chi connectivity index (χ1n) is 2.13. The van der Waals surface area contributed by atoms with Crippen LogP contribution >= 0.6 is 0 Å². The molecule has 0 amide bonds. The molecular formula is C4H8OS. The van der Waals surface area contributed by atoms with Gasteiger partial charge in [-0.05, 0) is 13.8 Å². The number of rotatable bonds is 0. The van der Waals surface area contributed by atoms with Gasteiger partial charge >= 0.3 is 0 Å². The van der Waals surface area contributed by atoms with Crippen LogP contribution in [0.5, 0.6) is 0 Å². The second-order valence-corrected chi connectivity index (χ2v) is 3.88. The Morgan fingerprint density at radius 2 is 1.50 bits per heavy atom. The van der Waals surface area contributed by atoms with Gasteiger partial charge in [0, 0.05) is 21.3 Å². The first-order chi connectivity index (χ1) is 2.73. The molecule has 0 spiro atoms. The van der Waals surface area contributed by atoms with E-state index >= 15 is 0 Å². The van der Waals surface area contributed by atoms with Crippen molar-refractivity contribution in [3.05, 3.63) is 0 Å². The third-order valence-electron chi connectivity index (χ3n) is 1.32. The van der Waals surface area contributed by atoms with Crippen LogP contribution < -0.4 is 0 Å². The fourth-order valence-electron chi connectivity index (χ4n) is 0.427. The molecule has 1 aliphatic heterocycles. The van der Waals surface area contributed by atoms with E-state index in [1.807, 2.05) is 13.8 Å². The fourth-order valence-corrected chi connectivity index (χ4v) is 1.42. The number of hydrogen-bond acceptors (Lipinski definition) is 1. The van der Waals surface area contributed by atoms with Crippen LogP contribution in [0.25, 0.3) is 0 Å². The first-order valence-corrected chi connectivity index (χ1v) is 3.40. The minimum atomic E-state index is -0.451. The minimum Gasteiger partial charge on any atom is -0.259 e. The van der Waals surface area contributed by atoms with Crippen molar-refractivity contribution in [2.24, 2.45) is 0 Å². The summed E-state index contributed by atoms with van der Waals surface area (Å²) in [6.07, 6.45) is 0. The Bertz CT molecular complexity index is 79.5. The van der Waals surface area contributed by atoms with Crippen LogP contribution in [0.15, 0.2) is 0 Å². The molecule has 6 heavy (non-hydrogen) atoms. The maximum atomic E-state index is 10.3. The van der Waals surface area contributed by atoms with E-state index in [4.69, 9.17) is 0 Å². The molecule has 0 radical (unpaired) electrons. The fraction of sp³-hybridized carbons (Fsp3) is 1.00. The lowest BCUT2D eigenvalue weighted by atomic mass is 10.4. The van der Waals surface area contributed by atoms with E-state index in [1.54, 1.807) is 0 Å². The van der Waals surface area contributed by atoms with Gasteiger partial charge < -0.3 is 0 Å². The Labute approximate surface area is 40.2 Å². The van der Waals surface area contributed by atoms with Crippen LogP contribution in [0, 0.1) is 0 Å². The average Bonchev–Trinajstić information content (AvgIpc) is 1.94. The second kappa shape index (κ2) is 1.06. The Hall–Kier alpha value is 0.150. The van der Waals surface area contributed by atoms with Crippen LogP contribution in [-0.4, -0.2) is 14.7 Å². The molecule has 1 saturated heterocycles. The van der Waals surface area contributed by atoms with Crippen molar-refractivity contribution >= 4 is 10.8 Å². The van der Waals surface area contributed by atoms with Gasteiger partial charge in [0.1, 0.15) is 0 Å². The van der Waals surface area contributed by atoms with Crippen LogP contribution in [0.4, 0.5) is 0 Å². The Morgan fingerprint density at radius 1 is 1.33 bits per heavy atom. The number of hydrogen-bond donors (Lipinski definition) is 0. The smallest absolute Gasteiger partial charge is 0.0463 e. The molecule has 1 aliphatic rings. The van der Waals surface area contributed by atoms with Crippen molar-refractivity contribution in [1.29, 1.82) is 0 Å². The molecule has 2 unspecified atom stereocenters. The molecule has 0 aliphatic carbocycles. The average molecular weight is 104 g/mol. The molecule has 2 atom stereocenters. The molecule has 0 aromatic carbocycles. The van der Waals surface area contributed by atoms with Gasteiger partial charge in [-0.15, -0.1) is 0 Å². The zero-order chi connectivity index (χ0) is 4.73. The Morgan fingerprint density at radius 3 is 1.50 bits per heavy atom. The third kappa shape index (κ3) is 0.400. The predicted octanol–water partition coefficient (Wildman–Crippen LogP) is 0.526. The molecule has 1 fully saturated rings. The van der Waals surface area contributed by atoms with Crippen LogP contribution in [0.1, 0.15) is 13.8 Å². The van der Waals surface area contributed by atoms with Crippen molar-refractivity contribution in [3.8, 4) is 0 Å². The Kier molecular flexibility index (Phi) is 0.761. The van der Waals surface area contributed by atoms with Crippen molar-refractivity contribution in [2.75, 3.05) is 0 Å². The monoisotopic (exact) mass is 104 g/mol. The zero-order valence-corrected chi connectivity index (χ0v) is 4.79. The standard InChI is InChI=1S/C4H8OS/c1-3-4(2)6(3)5/h3-4H,1-2H3. The summed E-state index contributed by atoms with van der Waals surface area (Å²) in [6, 6.07) is 0. The highest BCUT2D eigenvalue weighted by molar-refractivity contribution is 7.93. The highest BCUT2D eigenvalue weighted by atomic mass is 32.2. The summed E-state index contributed by atoms with van der Waals surface area (Å²) in [7, 11) is -0.451. The van der Waals surface area contributed by atoms with E-state index in [2.05, 4.69) is 0 Å². The van der Waals surface area contributed by atoms with E-state index in [1.165, 1.54) is 0 Å². The molecule has 0 aromatic rings. The van der Waals surface area contributed by atoms with Crippen LogP contribution in [0.2, 0.25) is 0 Å². The Balaban J connectivity index is 2.51. The van der Waals surface area contributed by atoms with Crippen LogP contribution in [-0.2, 0) is 10.8 Å². The van der Waals surface area contributed by atoms with Gasteiger partial charge in [0.2, 0.25) is 0 Å².